The van der Waals surface area contributed by atoms with Crippen molar-refractivity contribution < 1.29 is 23.9 Å². The highest BCUT2D eigenvalue weighted by Crippen LogP contribution is 2.33. The number of nitrogens with one attached hydrogen (secondary N) is 1. The van der Waals surface area contributed by atoms with Crippen molar-refractivity contribution >= 4 is 39.8 Å². The molecule has 1 aromatic carbocycles. The molecule has 1 N–H and O–H groups in total. The Balaban J connectivity index is 1.65. The molecule has 3 rings (SSSR count). The summed E-state index contributed by atoms with van der Waals surface area (Å²) < 4.78 is 10.7. The molecule has 7 nitrogen and oxygen atoms in total. The number of thiophene rings is 1. The van der Waals surface area contributed by atoms with Crippen molar-refractivity contribution in [1.82, 2.24) is 0 Å². The van der Waals surface area contributed by atoms with Gasteiger partial charge in [0.05, 0.1) is 12.2 Å². The fourth-order valence-electron chi connectivity index (χ4n) is 3.14. The van der Waals surface area contributed by atoms with Gasteiger partial charge in [-0.15, -0.1) is 11.3 Å². The van der Waals surface area contributed by atoms with Crippen LogP contribution in [0.15, 0.2) is 24.3 Å². The molecule has 0 atom stereocenters. The van der Waals surface area contributed by atoms with Gasteiger partial charge in [0.2, 0.25) is 5.91 Å². The second-order valence-electron chi connectivity index (χ2n) is 6.69. The van der Waals surface area contributed by atoms with Gasteiger partial charge in [0.25, 0.3) is 5.91 Å². The number of carbonyl (C=O) groups is 3. The normalized spacial score (nSPS) is 13.5. The van der Waals surface area contributed by atoms with Gasteiger partial charge in [-0.2, -0.15) is 0 Å². The summed E-state index contributed by atoms with van der Waals surface area (Å²) in [5.41, 5.74) is 1.95. The van der Waals surface area contributed by atoms with Crippen LogP contribution in [0.3, 0.4) is 0 Å². The molecule has 8 heteroatoms. The molecule has 0 radical (unpaired) electrons. The summed E-state index contributed by atoms with van der Waals surface area (Å²) >= 11 is 1.33. The van der Waals surface area contributed by atoms with Crippen LogP contribution in [0, 0.1) is 13.8 Å². The van der Waals surface area contributed by atoms with Gasteiger partial charge in [-0.1, -0.05) is 6.07 Å². The highest BCUT2D eigenvalue weighted by atomic mass is 32.1. The minimum absolute atomic E-state index is 0.0924. The van der Waals surface area contributed by atoms with Crippen molar-refractivity contribution in [1.29, 1.82) is 0 Å². The molecule has 0 saturated carbocycles. The zero-order valence-electron chi connectivity index (χ0n) is 16.7. The first-order chi connectivity index (χ1) is 13.9. The molecule has 0 unspecified atom stereocenters. The lowest BCUT2D eigenvalue weighted by Crippen LogP contribution is -2.24. The Hall–Kier alpha value is -2.87. The number of ether oxygens (including phenoxy) is 2. The average Bonchev–Trinajstić information content (AvgIpc) is 3.23. The number of hydrogen-bond donors (Lipinski definition) is 1. The van der Waals surface area contributed by atoms with Crippen LogP contribution in [-0.2, 0) is 14.3 Å². The van der Waals surface area contributed by atoms with E-state index in [4.69, 9.17) is 9.47 Å². The van der Waals surface area contributed by atoms with E-state index in [1.807, 2.05) is 19.9 Å². The lowest BCUT2D eigenvalue weighted by atomic mass is 10.1. The monoisotopic (exact) mass is 416 g/mol. The van der Waals surface area contributed by atoms with Crippen LogP contribution >= 0.6 is 11.3 Å². The molecule has 1 saturated heterocycles. The third-order valence-corrected chi connectivity index (χ3v) is 5.81. The van der Waals surface area contributed by atoms with E-state index >= 15 is 0 Å². The van der Waals surface area contributed by atoms with Crippen LogP contribution in [0.2, 0.25) is 0 Å². The quantitative estimate of drug-likeness (QED) is 0.696. The third-order valence-electron chi connectivity index (χ3n) is 4.69. The number of rotatable bonds is 7. The second kappa shape index (κ2) is 9.09. The summed E-state index contributed by atoms with van der Waals surface area (Å²) in [7, 11) is 0. The first-order valence-corrected chi connectivity index (χ1v) is 10.3. The second-order valence-corrected chi connectivity index (χ2v) is 7.92. The first kappa shape index (κ1) is 20.9. The number of aryl methyl sites for hydroxylation is 1. The molecule has 0 bridgehead atoms. The summed E-state index contributed by atoms with van der Waals surface area (Å²) in [6, 6.07) is 7.12. The Morgan fingerprint density at radius 1 is 1.28 bits per heavy atom. The van der Waals surface area contributed by atoms with E-state index in [1.165, 1.54) is 11.3 Å². The summed E-state index contributed by atoms with van der Waals surface area (Å²) in [5.74, 6) is -0.232. The molecule has 2 heterocycles. The Morgan fingerprint density at radius 2 is 2.07 bits per heavy atom. The van der Waals surface area contributed by atoms with E-state index < -0.39 is 5.97 Å². The molecule has 29 heavy (non-hydrogen) atoms. The van der Waals surface area contributed by atoms with Gasteiger partial charge in [-0.3, -0.25) is 9.59 Å². The lowest BCUT2D eigenvalue weighted by Gasteiger charge is -2.16. The smallest absolute Gasteiger partial charge is 0.341 e. The van der Waals surface area contributed by atoms with E-state index in [2.05, 4.69) is 5.32 Å². The van der Waals surface area contributed by atoms with Crippen molar-refractivity contribution in [3.05, 3.63) is 40.3 Å². The van der Waals surface area contributed by atoms with Crippen LogP contribution in [0.4, 0.5) is 10.7 Å². The molecule has 1 aliphatic heterocycles. The standard InChI is InChI=1S/C21H24N2O5S/c1-4-27-21(26)19-13(2)14(3)29-20(19)22-17(24)12-28-16-8-5-7-15(11-16)23-10-6-9-18(23)25/h5,7-8,11H,4,6,9-10,12H2,1-3H3,(H,22,24). The number of carbonyl (C=O) groups excluding carboxylic acids is 3. The molecule has 1 fully saturated rings. The Bertz CT molecular complexity index is 937. The highest BCUT2D eigenvalue weighted by Gasteiger charge is 2.23. The van der Waals surface area contributed by atoms with E-state index in [0.717, 1.165) is 22.5 Å². The van der Waals surface area contributed by atoms with Gasteiger partial charge >= 0.3 is 5.97 Å². The average molecular weight is 416 g/mol. The highest BCUT2D eigenvalue weighted by molar-refractivity contribution is 7.16. The van der Waals surface area contributed by atoms with Crippen molar-refractivity contribution in [2.45, 2.75) is 33.6 Å². The number of nitrogens with zero attached hydrogens (tertiary/aromatic N) is 1. The van der Waals surface area contributed by atoms with E-state index in [-0.39, 0.29) is 25.0 Å². The summed E-state index contributed by atoms with van der Waals surface area (Å²) in [6.07, 6.45) is 1.39. The molecule has 0 spiro atoms. The van der Waals surface area contributed by atoms with Crippen molar-refractivity contribution in [3.8, 4) is 5.75 Å². The SMILES string of the molecule is CCOC(=O)c1c(NC(=O)COc2cccc(N3CCCC3=O)c2)sc(C)c1C. The molecule has 154 valence electrons. The largest absolute Gasteiger partial charge is 0.484 e. The molecule has 0 aliphatic carbocycles. The maximum Gasteiger partial charge on any atom is 0.341 e. The Morgan fingerprint density at radius 3 is 2.76 bits per heavy atom. The number of amides is 2. The molecule has 2 amide bonds. The fourth-order valence-corrected chi connectivity index (χ4v) is 4.20. The third kappa shape index (κ3) is 4.76. The predicted octanol–water partition coefficient (Wildman–Crippen LogP) is 3.69. The van der Waals surface area contributed by atoms with E-state index in [1.54, 1.807) is 30.0 Å². The maximum atomic E-state index is 12.4. The summed E-state index contributed by atoms with van der Waals surface area (Å²) in [4.78, 5) is 39.2. The minimum atomic E-state index is -0.450. The van der Waals surface area contributed by atoms with Crippen LogP contribution in [-0.4, -0.2) is 37.5 Å². The summed E-state index contributed by atoms with van der Waals surface area (Å²) in [5, 5.41) is 3.21. The molecular formula is C21H24N2O5S. The molecule has 1 aromatic heterocycles. The van der Waals surface area contributed by atoms with Gasteiger partial charge in [0.1, 0.15) is 10.8 Å². The van der Waals surface area contributed by atoms with E-state index in [0.29, 0.717) is 29.3 Å². The predicted molar refractivity (Wildman–Crippen MR) is 112 cm³/mol. The Labute approximate surface area is 173 Å². The molecular weight excluding hydrogens is 392 g/mol. The topological polar surface area (TPSA) is 84.9 Å². The van der Waals surface area contributed by atoms with Crippen LogP contribution in [0.1, 0.15) is 40.6 Å². The first-order valence-electron chi connectivity index (χ1n) is 9.51. The van der Waals surface area contributed by atoms with Crippen LogP contribution in [0.25, 0.3) is 0 Å². The zero-order chi connectivity index (χ0) is 21.0. The lowest BCUT2D eigenvalue weighted by molar-refractivity contribution is -0.118. The maximum absolute atomic E-state index is 12.4. The number of hydrogen-bond acceptors (Lipinski definition) is 6. The van der Waals surface area contributed by atoms with Gasteiger partial charge in [-0.05, 0) is 44.9 Å². The fraction of sp³-hybridized carbons (Fsp3) is 0.381. The van der Waals surface area contributed by atoms with Crippen LogP contribution in [0.5, 0.6) is 5.75 Å². The van der Waals surface area contributed by atoms with Crippen LogP contribution < -0.4 is 15.0 Å². The number of benzene rings is 1. The molecule has 1 aliphatic rings. The number of esters is 1. The van der Waals surface area contributed by atoms with Crippen molar-refractivity contribution in [2.75, 3.05) is 30.0 Å². The molecule has 2 aromatic rings. The van der Waals surface area contributed by atoms with E-state index in [9.17, 15) is 14.4 Å². The van der Waals surface area contributed by atoms with Crippen molar-refractivity contribution in [3.63, 3.8) is 0 Å². The van der Waals surface area contributed by atoms with Crippen molar-refractivity contribution in [2.24, 2.45) is 0 Å². The van der Waals surface area contributed by atoms with Gasteiger partial charge in [-0.25, -0.2) is 4.79 Å². The van der Waals surface area contributed by atoms with Gasteiger partial charge in [0, 0.05) is 29.6 Å². The van der Waals surface area contributed by atoms with Gasteiger partial charge < -0.3 is 19.7 Å². The van der Waals surface area contributed by atoms with Gasteiger partial charge in [0.15, 0.2) is 6.61 Å². The number of anilines is 2. The Kier molecular flexibility index (Phi) is 6.53. The minimum Gasteiger partial charge on any atom is -0.484 e. The zero-order valence-corrected chi connectivity index (χ0v) is 17.6. The summed E-state index contributed by atoms with van der Waals surface area (Å²) in [6.45, 7) is 6.20.